The first-order valence-corrected chi connectivity index (χ1v) is 16.3. The van der Waals surface area contributed by atoms with Gasteiger partial charge in [0.2, 0.25) is 5.88 Å². The Morgan fingerprint density at radius 3 is 1.85 bits per heavy atom. The molecule has 19 heteroatoms. The molecule has 0 saturated carbocycles. The summed E-state index contributed by atoms with van der Waals surface area (Å²) in [4.78, 5) is 4.48. The molecule has 0 aliphatic heterocycles. The fraction of sp³-hybridized carbons (Fsp3) is 0.148. The Morgan fingerprint density at radius 2 is 1.41 bits per heavy atom. The number of pyridine rings is 1. The number of nitrogens with zero attached hydrogens (tertiary/aromatic N) is 3. The summed E-state index contributed by atoms with van der Waals surface area (Å²) in [7, 11) is -8.15. The van der Waals surface area contributed by atoms with Crippen molar-refractivity contribution in [3.8, 4) is 40.0 Å². The van der Waals surface area contributed by atoms with Gasteiger partial charge in [0, 0.05) is 22.7 Å². The summed E-state index contributed by atoms with van der Waals surface area (Å²) in [6, 6.07) is 12.1. The van der Waals surface area contributed by atoms with Gasteiger partial charge in [0.15, 0.2) is 0 Å². The molecule has 0 fully saturated rings. The van der Waals surface area contributed by atoms with Crippen LogP contribution in [0.3, 0.4) is 0 Å². The summed E-state index contributed by atoms with van der Waals surface area (Å²) >= 11 is 0.769. The maximum Gasteiger partial charge on any atom is 0.445 e. The first-order valence-electron chi connectivity index (χ1n) is 12.3. The topological polar surface area (TPSA) is 151 Å². The van der Waals surface area contributed by atoms with Crippen molar-refractivity contribution < 1.29 is 53.1 Å². The lowest BCUT2D eigenvalue weighted by Crippen LogP contribution is -2.26. The van der Waals surface area contributed by atoms with Crippen molar-refractivity contribution in [2.75, 3.05) is 13.4 Å². The molecule has 0 radical (unpaired) electrons. The average molecular weight is 703 g/mol. The number of aromatic nitrogens is 1. The number of alkyl halides is 6. The van der Waals surface area contributed by atoms with E-state index in [9.17, 15) is 39.3 Å². The average Bonchev–Trinajstić information content (AvgIpc) is 3.51. The van der Waals surface area contributed by atoms with Crippen LogP contribution < -0.4 is 18.5 Å². The molecule has 4 aromatic rings. The minimum absolute atomic E-state index is 0.303. The van der Waals surface area contributed by atoms with Gasteiger partial charge in [-0.25, -0.2) is 18.0 Å². The number of nitriles is 2. The normalized spacial score (nSPS) is 12.2. The van der Waals surface area contributed by atoms with Crippen LogP contribution in [0.4, 0.5) is 26.3 Å². The molecule has 1 N–H and O–H groups in total. The van der Waals surface area contributed by atoms with Gasteiger partial charge in [-0.15, -0.1) is 11.3 Å². The van der Waals surface area contributed by atoms with Crippen molar-refractivity contribution in [3.63, 3.8) is 0 Å². The summed E-state index contributed by atoms with van der Waals surface area (Å²) in [5.41, 5.74) is -4.10. The standard InChI is InChI=1S/C27H17F6N4O6PS2/c1-41-24-8-4-18(14-36-24)23-7-9-25(45-23)46(39,40)37-15-44(38,42-19-5-2-16(12-34)21(10-19)26(28,29)30)43-20-6-3-17(13-35)22(11-20)27(31,32)33/h2-11,14,37H,15H2,1H3. The van der Waals surface area contributed by atoms with Gasteiger partial charge in [-0.1, -0.05) is 0 Å². The third-order valence-corrected chi connectivity index (χ3v) is 10.6. The van der Waals surface area contributed by atoms with Crippen molar-refractivity contribution in [1.82, 2.24) is 9.71 Å². The zero-order chi connectivity index (χ0) is 33.9. The van der Waals surface area contributed by atoms with E-state index >= 15 is 0 Å². The highest BCUT2D eigenvalue weighted by atomic mass is 32.2. The Bertz CT molecular complexity index is 1920. The molecular formula is C27H17F6N4O6PS2. The molecule has 0 bridgehead atoms. The number of rotatable bonds is 10. The Labute approximate surface area is 261 Å². The molecule has 0 unspecified atom stereocenters. The first-order chi connectivity index (χ1) is 21.5. The number of thiophene rings is 1. The van der Waals surface area contributed by atoms with E-state index in [-0.39, 0.29) is 4.21 Å². The van der Waals surface area contributed by atoms with Crippen LogP contribution in [0.25, 0.3) is 10.4 Å². The van der Waals surface area contributed by atoms with Gasteiger partial charge >= 0.3 is 19.9 Å². The monoisotopic (exact) mass is 702 g/mol. The Morgan fingerprint density at radius 1 is 0.870 bits per heavy atom. The summed E-state index contributed by atoms with van der Waals surface area (Å²) in [5, 5.41) is 18.1. The SMILES string of the molecule is COc1ccc(-c2ccc(S(=O)(=O)NCP(=O)(Oc3ccc(C#N)c(C(F)(F)F)c3)Oc3ccc(C#N)c(C(F)(F)F)c3)s2)cn1. The van der Waals surface area contributed by atoms with Crippen LogP contribution in [0.5, 0.6) is 17.4 Å². The molecule has 0 atom stereocenters. The molecule has 4 rings (SSSR count). The van der Waals surface area contributed by atoms with E-state index in [4.69, 9.17) is 24.3 Å². The largest absolute Gasteiger partial charge is 0.481 e. The summed E-state index contributed by atoms with van der Waals surface area (Å²) in [6.07, 6.45) is -9.98. The molecule has 0 aliphatic rings. The maximum atomic E-state index is 13.9. The minimum atomic E-state index is -5.07. The Hall–Kier alpha value is -4.61. The number of hydrogen-bond acceptors (Lipinski definition) is 10. The van der Waals surface area contributed by atoms with Crippen molar-refractivity contribution >= 4 is 29.0 Å². The molecule has 10 nitrogen and oxygen atoms in total. The van der Waals surface area contributed by atoms with Gasteiger partial charge < -0.3 is 13.8 Å². The molecule has 0 spiro atoms. The van der Waals surface area contributed by atoms with E-state index in [0.717, 1.165) is 23.5 Å². The quantitative estimate of drug-likeness (QED) is 0.134. The summed E-state index contributed by atoms with van der Waals surface area (Å²) in [5.74, 6) is -1.30. The van der Waals surface area contributed by atoms with Crippen molar-refractivity contribution in [2.24, 2.45) is 0 Å². The van der Waals surface area contributed by atoms with Crippen LogP contribution in [0.2, 0.25) is 0 Å². The third kappa shape index (κ3) is 7.96. The van der Waals surface area contributed by atoms with E-state index in [0.29, 0.717) is 40.6 Å². The van der Waals surface area contributed by atoms with Crippen molar-refractivity contribution in [1.29, 1.82) is 10.5 Å². The highest BCUT2D eigenvalue weighted by Crippen LogP contribution is 2.50. The number of nitrogens with one attached hydrogen (secondary N) is 1. The number of sulfonamides is 1. The van der Waals surface area contributed by atoms with Crippen molar-refractivity contribution in [3.05, 3.63) is 89.1 Å². The predicted molar refractivity (Wildman–Crippen MR) is 150 cm³/mol. The van der Waals surface area contributed by atoms with Gasteiger partial charge in [0.05, 0.1) is 41.5 Å². The number of hydrogen-bond donors (Lipinski definition) is 1. The van der Waals surface area contributed by atoms with Gasteiger partial charge in [0.1, 0.15) is 22.0 Å². The van der Waals surface area contributed by atoms with E-state index in [1.165, 1.54) is 43.6 Å². The third-order valence-electron chi connectivity index (χ3n) is 5.85. The number of ether oxygens (including phenoxy) is 1. The molecule has 0 saturated heterocycles. The van der Waals surface area contributed by atoms with E-state index < -0.39 is 70.0 Å². The molecule has 46 heavy (non-hydrogen) atoms. The van der Waals surface area contributed by atoms with E-state index in [1.54, 1.807) is 6.07 Å². The lowest BCUT2D eigenvalue weighted by Gasteiger charge is -2.22. The maximum absolute atomic E-state index is 13.9. The first kappa shape index (κ1) is 34.3. The van der Waals surface area contributed by atoms with Crippen molar-refractivity contribution in [2.45, 2.75) is 16.6 Å². The molecule has 240 valence electrons. The fourth-order valence-electron chi connectivity index (χ4n) is 3.73. The Balaban J connectivity index is 1.69. The summed E-state index contributed by atoms with van der Waals surface area (Å²) < 4.78 is 138. The fourth-order valence-corrected chi connectivity index (χ4v) is 8.08. The van der Waals surface area contributed by atoms with Crippen LogP contribution in [0.1, 0.15) is 22.3 Å². The molecule has 0 aliphatic carbocycles. The second-order valence-electron chi connectivity index (χ2n) is 8.94. The molecule has 2 aromatic carbocycles. The highest BCUT2D eigenvalue weighted by molar-refractivity contribution is 7.92. The lowest BCUT2D eigenvalue weighted by molar-refractivity contribution is -0.138. The van der Waals surface area contributed by atoms with Crippen LogP contribution in [-0.4, -0.2) is 26.8 Å². The molecule has 2 heterocycles. The smallest absolute Gasteiger partial charge is 0.445 e. The molecular weight excluding hydrogens is 685 g/mol. The van der Waals surface area contributed by atoms with Crippen LogP contribution >= 0.6 is 18.9 Å². The van der Waals surface area contributed by atoms with Gasteiger partial charge in [-0.3, -0.25) is 0 Å². The Kier molecular flexibility index (Phi) is 9.70. The highest BCUT2D eigenvalue weighted by Gasteiger charge is 2.38. The predicted octanol–water partition coefficient (Wildman–Crippen LogP) is 7.19. The zero-order valence-electron chi connectivity index (χ0n) is 22.9. The molecule has 0 amide bonds. The van der Waals surface area contributed by atoms with Gasteiger partial charge in [-0.05, 0) is 54.6 Å². The van der Waals surface area contributed by atoms with Crippen LogP contribution in [0.15, 0.2) is 71.1 Å². The van der Waals surface area contributed by atoms with E-state index in [2.05, 4.69) is 4.98 Å². The van der Waals surface area contributed by atoms with Crippen LogP contribution in [0, 0.1) is 22.7 Å². The zero-order valence-corrected chi connectivity index (χ0v) is 25.4. The van der Waals surface area contributed by atoms with Gasteiger partial charge in [-0.2, -0.15) is 41.6 Å². The molecule has 2 aromatic heterocycles. The summed E-state index contributed by atoms with van der Waals surface area (Å²) in [6.45, 7) is 0. The van der Waals surface area contributed by atoms with Crippen LogP contribution in [-0.2, 0) is 26.9 Å². The van der Waals surface area contributed by atoms with Gasteiger partial charge in [0.25, 0.3) is 10.0 Å². The second-order valence-corrected chi connectivity index (χ2v) is 13.9. The second kappa shape index (κ2) is 13.0. The number of halogens is 6. The lowest BCUT2D eigenvalue weighted by atomic mass is 10.1. The van der Waals surface area contributed by atoms with E-state index in [1.807, 2.05) is 4.72 Å². The number of methoxy groups -OCH3 is 1. The minimum Gasteiger partial charge on any atom is -0.481 e. The number of benzene rings is 2.